The maximum absolute atomic E-state index is 2.56. The van der Waals surface area contributed by atoms with E-state index >= 15 is 0 Å². The minimum absolute atomic E-state index is 0.0237. The van der Waals surface area contributed by atoms with E-state index in [4.69, 9.17) is 0 Å². The van der Waals surface area contributed by atoms with Gasteiger partial charge in [-0.15, -0.1) is 0 Å². The molecule has 10 aromatic carbocycles. The van der Waals surface area contributed by atoms with Gasteiger partial charge in [-0.3, -0.25) is 0 Å². The summed E-state index contributed by atoms with van der Waals surface area (Å²) in [6.45, 7) is 21.0. The molecule has 0 heterocycles. The van der Waals surface area contributed by atoms with Crippen molar-refractivity contribution in [2.45, 2.75) is 89.4 Å². The molecule has 1 spiro atoms. The summed E-state index contributed by atoms with van der Waals surface area (Å²) in [5.74, 6) is 0. The van der Waals surface area contributed by atoms with Gasteiger partial charge in [0.05, 0.1) is 10.8 Å². The summed E-state index contributed by atoms with van der Waals surface area (Å²) < 4.78 is 0. The minimum atomic E-state index is -0.571. The van der Waals surface area contributed by atoms with Gasteiger partial charge in [0.15, 0.2) is 0 Å². The van der Waals surface area contributed by atoms with E-state index in [2.05, 4.69) is 298 Å². The first kappa shape index (κ1) is 46.8. The third kappa shape index (κ3) is 7.04. The lowest BCUT2D eigenvalue weighted by Gasteiger charge is -2.36. The van der Waals surface area contributed by atoms with Gasteiger partial charge in [-0.25, -0.2) is 0 Å². The van der Waals surface area contributed by atoms with Crippen LogP contribution in [0.5, 0.6) is 0 Å². The first-order valence-corrected chi connectivity index (χ1v) is 27.0. The van der Waals surface area contributed by atoms with Gasteiger partial charge in [-0.2, -0.15) is 0 Å². The average Bonchev–Trinajstić information content (AvgIpc) is 4.19. The van der Waals surface area contributed by atoms with Crippen LogP contribution in [0.4, 0.5) is 17.1 Å². The fourth-order valence-corrected chi connectivity index (χ4v) is 13.2. The van der Waals surface area contributed by atoms with Gasteiger partial charge in [-0.1, -0.05) is 256 Å². The Morgan fingerprint density at radius 1 is 0.253 bits per heavy atom. The monoisotopic (exact) mass is 968 g/mol. The molecule has 2 unspecified atom stereocenters. The SMILES string of the molecule is CC(C)(C)c1ccc(C2(c3ccccc3)c3ccccc3-c3ccc(N(c4ccc(-c5ccccc5)cc4)c4ccc5c(c4)C4(c6ccccc6-c6ccc(C(C)(C)C)cc64)c4cc(C(C)(C)C)ccc4-5)cc32)cc1. The van der Waals surface area contributed by atoms with E-state index in [0.717, 1.165) is 17.1 Å². The van der Waals surface area contributed by atoms with Gasteiger partial charge in [-0.05, 0) is 158 Å². The van der Waals surface area contributed by atoms with E-state index in [-0.39, 0.29) is 16.2 Å². The molecule has 0 radical (unpaired) electrons. The second-order valence-electron chi connectivity index (χ2n) is 24.5. The predicted molar refractivity (Wildman–Crippen MR) is 316 cm³/mol. The molecule has 1 nitrogen and oxygen atoms in total. The van der Waals surface area contributed by atoms with Crippen molar-refractivity contribution in [2.24, 2.45) is 0 Å². The molecule has 0 aliphatic heterocycles. The maximum atomic E-state index is 2.56. The van der Waals surface area contributed by atoms with Crippen LogP contribution in [0.25, 0.3) is 44.5 Å². The molecule has 13 rings (SSSR count). The number of benzene rings is 10. The van der Waals surface area contributed by atoms with Crippen LogP contribution < -0.4 is 4.90 Å². The quantitative estimate of drug-likeness (QED) is 0.160. The summed E-state index contributed by atoms with van der Waals surface area (Å²) in [4.78, 5) is 2.53. The molecule has 0 saturated carbocycles. The van der Waals surface area contributed by atoms with E-state index in [9.17, 15) is 0 Å². The highest BCUT2D eigenvalue weighted by Gasteiger charge is 2.53. The number of hydrogen-bond donors (Lipinski definition) is 0. The Bertz CT molecular complexity index is 3830. The second kappa shape index (κ2) is 16.8. The Hall–Kier alpha value is -8.00. The molecule has 75 heavy (non-hydrogen) atoms. The highest BCUT2D eigenvalue weighted by molar-refractivity contribution is 5.97. The smallest absolute Gasteiger partial charge is 0.0726 e. The Labute approximate surface area is 445 Å². The van der Waals surface area contributed by atoms with Gasteiger partial charge in [0.1, 0.15) is 0 Å². The molecule has 0 amide bonds. The molecule has 1 heteroatoms. The van der Waals surface area contributed by atoms with Gasteiger partial charge < -0.3 is 4.90 Å². The van der Waals surface area contributed by atoms with Crippen LogP contribution in [-0.4, -0.2) is 0 Å². The molecule has 0 fully saturated rings. The van der Waals surface area contributed by atoms with E-state index in [1.807, 2.05) is 0 Å². The first-order valence-electron chi connectivity index (χ1n) is 27.0. The molecular weight excluding hydrogens is 903 g/mol. The summed E-state index contributed by atoms with van der Waals surface area (Å²) in [6.07, 6.45) is 0. The first-order chi connectivity index (χ1) is 36.1. The van der Waals surface area contributed by atoms with Crippen molar-refractivity contribution >= 4 is 17.1 Å². The van der Waals surface area contributed by atoms with Crippen LogP contribution in [0.15, 0.2) is 231 Å². The number of rotatable bonds is 6. The lowest BCUT2D eigenvalue weighted by Crippen LogP contribution is -2.29. The minimum Gasteiger partial charge on any atom is -0.310 e. The molecule has 3 aliphatic rings. The largest absolute Gasteiger partial charge is 0.310 e. The maximum Gasteiger partial charge on any atom is 0.0726 e. The summed E-state index contributed by atoms with van der Waals surface area (Å²) in [6, 6.07) is 88.5. The van der Waals surface area contributed by atoms with Crippen molar-refractivity contribution in [1.29, 1.82) is 0 Å². The standard InChI is InChI=1S/C74H65N/c1-70(2,3)50-30-32-52(33-31-50)73(51-22-14-11-15-23-51)64-26-18-16-24-58(64)62-42-38-56(46-68(62)73)75(55-36-28-49(29-37-55)48-20-12-10-13-21-48)57-39-43-63-61-41-35-54(72(7,8)9)45-67(61)74(69(63)47-57)65-27-19-17-25-59(65)60-40-34-53(44-66(60)74)71(4,5)6/h10-47H,1-9H3. The van der Waals surface area contributed by atoms with Crippen molar-refractivity contribution in [1.82, 2.24) is 0 Å². The van der Waals surface area contributed by atoms with E-state index < -0.39 is 10.8 Å². The molecule has 2 atom stereocenters. The molecule has 0 aromatic heterocycles. The van der Waals surface area contributed by atoms with Gasteiger partial charge in [0.25, 0.3) is 0 Å². The van der Waals surface area contributed by atoms with Gasteiger partial charge in [0.2, 0.25) is 0 Å². The number of fused-ring (bicyclic) bond motifs is 13. The third-order valence-corrected chi connectivity index (χ3v) is 17.1. The van der Waals surface area contributed by atoms with Crippen molar-refractivity contribution in [3.05, 3.63) is 292 Å². The fraction of sp³-hybridized carbons (Fsp3) is 0.189. The van der Waals surface area contributed by atoms with Gasteiger partial charge >= 0.3 is 0 Å². The highest BCUT2D eigenvalue weighted by atomic mass is 15.1. The Morgan fingerprint density at radius 3 is 1.09 bits per heavy atom. The summed E-state index contributed by atoms with van der Waals surface area (Å²) in [7, 11) is 0. The topological polar surface area (TPSA) is 3.24 Å². The zero-order valence-corrected chi connectivity index (χ0v) is 44.9. The molecule has 0 bridgehead atoms. The zero-order valence-electron chi connectivity index (χ0n) is 44.9. The summed E-state index contributed by atoms with van der Waals surface area (Å²) in [5, 5.41) is 0. The normalized spacial score (nSPS) is 17.0. The van der Waals surface area contributed by atoms with Crippen molar-refractivity contribution in [2.75, 3.05) is 4.90 Å². The lowest BCUT2D eigenvalue weighted by molar-refractivity contribution is 0.586. The van der Waals surface area contributed by atoms with Crippen LogP contribution in [0.2, 0.25) is 0 Å². The van der Waals surface area contributed by atoms with E-state index in [1.165, 1.54) is 106 Å². The van der Waals surface area contributed by atoms with Crippen molar-refractivity contribution < 1.29 is 0 Å². The average molecular weight is 968 g/mol. The molecular formula is C74H65N. The fourth-order valence-electron chi connectivity index (χ4n) is 13.2. The summed E-state index contributed by atoms with van der Waals surface area (Å²) in [5.41, 5.74) is 26.9. The highest BCUT2D eigenvalue weighted by Crippen LogP contribution is 2.65. The zero-order chi connectivity index (χ0) is 51.6. The molecule has 0 N–H and O–H groups in total. The van der Waals surface area contributed by atoms with Crippen LogP contribution in [0.1, 0.15) is 124 Å². The predicted octanol–water partition coefficient (Wildman–Crippen LogP) is 19.4. The van der Waals surface area contributed by atoms with Crippen LogP contribution in [0.3, 0.4) is 0 Å². The second-order valence-corrected chi connectivity index (χ2v) is 24.5. The molecule has 0 saturated heterocycles. The van der Waals surface area contributed by atoms with E-state index in [1.54, 1.807) is 0 Å². The van der Waals surface area contributed by atoms with Crippen molar-refractivity contribution in [3.8, 4) is 44.5 Å². The van der Waals surface area contributed by atoms with Crippen LogP contribution >= 0.6 is 0 Å². The van der Waals surface area contributed by atoms with Crippen molar-refractivity contribution in [3.63, 3.8) is 0 Å². The lowest BCUT2D eigenvalue weighted by atomic mass is 9.67. The Morgan fingerprint density at radius 2 is 0.600 bits per heavy atom. The Balaban J connectivity index is 1.09. The number of hydrogen-bond acceptors (Lipinski definition) is 1. The molecule has 3 aliphatic carbocycles. The van der Waals surface area contributed by atoms with Crippen LogP contribution in [0, 0.1) is 0 Å². The number of anilines is 3. The molecule has 10 aromatic rings. The van der Waals surface area contributed by atoms with Crippen LogP contribution in [-0.2, 0) is 27.1 Å². The Kier molecular flexibility index (Phi) is 10.4. The third-order valence-electron chi connectivity index (χ3n) is 17.1. The summed E-state index contributed by atoms with van der Waals surface area (Å²) >= 11 is 0. The number of nitrogens with zero attached hydrogens (tertiary/aromatic N) is 1. The molecule has 366 valence electrons. The van der Waals surface area contributed by atoms with E-state index in [0.29, 0.717) is 0 Å². The van der Waals surface area contributed by atoms with Gasteiger partial charge in [0, 0.05) is 17.1 Å².